The van der Waals surface area contributed by atoms with Crippen LogP contribution in [-0.4, -0.2) is 37.0 Å². The van der Waals surface area contributed by atoms with Crippen LogP contribution >= 0.6 is 0 Å². The second-order valence-corrected chi connectivity index (χ2v) is 8.97. The molecule has 0 atom stereocenters. The smallest absolute Gasteiger partial charge is 0.416 e. The van der Waals surface area contributed by atoms with Crippen LogP contribution in [0.15, 0.2) is 59.6 Å². The molecule has 0 aliphatic rings. The second-order valence-electron chi connectivity index (χ2n) is 8.97. The number of nitrogens with zero attached hydrogens (tertiary/aromatic N) is 1. The van der Waals surface area contributed by atoms with Crippen molar-refractivity contribution < 1.29 is 45.8 Å². The number of rotatable bonds is 10. The summed E-state index contributed by atoms with van der Waals surface area (Å²) in [4.78, 5) is 40.1. The third-order valence-electron chi connectivity index (χ3n) is 5.70. The van der Waals surface area contributed by atoms with E-state index in [4.69, 9.17) is 16.2 Å². The summed E-state index contributed by atoms with van der Waals surface area (Å²) in [7, 11) is 0. The number of carbonyl (C=O) groups excluding carboxylic acids is 3. The van der Waals surface area contributed by atoms with E-state index < -0.39 is 52.6 Å². The van der Waals surface area contributed by atoms with E-state index in [1.807, 2.05) is 0 Å². The van der Waals surface area contributed by atoms with Gasteiger partial charge < -0.3 is 26.3 Å². The number of carbonyl (C=O) groups is 3. The molecule has 10 nitrogen and oxygen atoms in total. The maximum absolute atomic E-state index is 14.5. The van der Waals surface area contributed by atoms with E-state index in [9.17, 15) is 36.3 Å². The van der Waals surface area contributed by atoms with E-state index >= 15 is 0 Å². The summed E-state index contributed by atoms with van der Waals surface area (Å²) < 4.78 is 78.3. The lowest BCUT2D eigenvalue weighted by Crippen LogP contribution is -2.37. The molecule has 43 heavy (non-hydrogen) atoms. The monoisotopic (exact) mass is 607 g/mol. The number of anilines is 1. The number of benzene rings is 3. The summed E-state index contributed by atoms with van der Waals surface area (Å²) >= 11 is 0. The number of nitrogens with two attached hydrogens (primary N) is 2. The Balaban J connectivity index is 1.77. The van der Waals surface area contributed by atoms with Gasteiger partial charge in [-0.3, -0.25) is 19.9 Å². The van der Waals surface area contributed by atoms with E-state index in [0.29, 0.717) is 25.0 Å². The molecule has 3 amide bonds. The molecule has 0 spiro atoms. The molecule has 228 valence electrons. The lowest BCUT2D eigenvalue weighted by atomic mass is 10.1. The molecule has 0 saturated carbocycles. The third-order valence-corrected chi connectivity index (χ3v) is 5.70. The summed E-state index contributed by atoms with van der Waals surface area (Å²) in [6.45, 7) is 1.70. The fraction of sp³-hybridized carbons (Fsp3) is 0.214. The molecule has 0 aromatic heterocycles. The SMILES string of the molecule is Cc1cc(F)ccc1Oc1cc(C(F)(F)F)ccc1C(=O)Nc1ccc(F)c(C(=O)NC(N)=NCCCCOC(N)=O)c1. The Bertz CT molecular complexity index is 1540. The van der Waals surface area contributed by atoms with Crippen LogP contribution in [0.25, 0.3) is 0 Å². The minimum atomic E-state index is -4.76. The predicted octanol–water partition coefficient (Wildman–Crippen LogP) is 5.26. The molecule has 3 aromatic rings. The largest absolute Gasteiger partial charge is 0.456 e. The van der Waals surface area contributed by atoms with Crippen LogP contribution in [0.5, 0.6) is 11.5 Å². The van der Waals surface area contributed by atoms with Crippen molar-refractivity contribution in [1.29, 1.82) is 0 Å². The summed E-state index contributed by atoms with van der Waals surface area (Å²) in [5, 5.41) is 4.59. The van der Waals surface area contributed by atoms with Crippen LogP contribution in [0, 0.1) is 18.6 Å². The van der Waals surface area contributed by atoms with Crippen LogP contribution in [0.4, 0.5) is 32.4 Å². The van der Waals surface area contributed by atoms with Gasteiger partial charge in [0.1, 0.15) is 23.1 Å². The molecule has 0 aliphatic carbocycles. The number of unbranched alkanes of at least 4 members (excludes halogenated alkanes) is 1. The average Bonchev–Trinajstić information content (AvgIpc) is 2.92. The summed E-state index contributed by atoms with van der Waals surface area (Å²) in [5.41, 5.74) is 8.75. The minimum absolute atomic E-state index is 0.00811. The zero-order valence-corrected chi connectivity index (χ0v) is 22.6. The Morgan fingerprint density at radius 1 is 0.884 bits per heavy atom. The van der Waals surface area contributed by atoms with Crippen molar-refractivity contribution in [2.75, 3.05) is 18.5 Å². The number of aryl methyl sites for hydroxylation is 1. The molecule has 0 heterocycles. The van der Waals surface area contributed by atoms with Gasteiger partial charge in [-0.2, -0.15) is 13.2 Å². The first-order valence-corrected chi connectivity index (χ1v) is 12.5. The number of hydrogen-bond donors (Lipinski definition) is 4. The van der Waals surface area contributed by atoms with Gasteiger partial charge in [-0.1, -0.05) is 0 Å². The van der Waals surface area contributed by atoms with Crippen molar-refractivity contribution in [1.82, 2.24) is 5.32 Å². The topological polar surface area (TPSA) is 158 Å². The Morgan fingerprint density at radius 2 is 1.63 bits per heavy atom. The van der Waals surface area contributed by atoms with Gasteiger partial charge in [-0.25, -0.2) is 13.6 Å². The summed E-state index contributed by atoms with van der Waals surface area (Å²) in [6.07, 6.45) is -4.80. The highest BCUT2D eigenvalue weighted by Gasteiger charge is 2.32. The zero-order chi connectivity index (χ0) is 31.7. The quantitative estimate of drug-likeness (QED) is 0.107. The third kappa shape index (κ3) is 9.41. The Hall–Kier alpha value is -5.21. The molecule has 3 aromatic carbocycles. The van der Waals surface area contributed by atoms with Crippen molar-refractivity contribution in [2.45, 2.75) is 25.9 Å². The Labute approximate surface area is 241 Å². The van der Waals surface area contributed by atoms with E-state index in [-0.39, 0.29) is 41.7 Å². The molecule has 3 rings (SSSR count). The number of ether oxygens (including phenoxy) is 2. The molecule has 0 unspecified atom stereocenters. The maximum atomic E-state index is 14.5. The summed E-state index contributed by atoms with van der Waals surface area (Å²) in [5.74, 6) is -4.28. The van der Waals surface area contributed by atoms with Crippen molar-refractivity contribution >= 4 is 29.6 Å². The van der Waals surface area contributed by atoms with Gasteiger partial charge in [0.05, 0.1) is 23.3 Å². The maximum Gasteiger partial charge on any atom is 0.416 e. The summed E-state index contributed by atoms with van der Waals surface area (Å²) in [6, 6.07) is 8.54. The first kappa shape index (κ1) is 32.3. The number of amides is 3. The van der Waals surface area contributed by atoms with Crippen LogP contribution in [-0.2, 0) is 10.9 Å². The number of primary amides is 1. The normalized spacial score (nSPS) is 11.5. The minimum Gasteiger partial charge on any atom is -0.456 e. The fourth-order valence-corrected chi connectivity index (χ4v) is 3.60. The van der Waals surface area contributed by atoms with Gasteiger partial charge in [0.15, 0.2) is 5.96 Å². The standard InChI is InChI=1S/C28H26F5N5O5/c1-15-12-17(29)5-9-22(15)43-23-13-16(28(31,32)33)4-7-19(23)24(39)37-18-6-8-21(30)20(14-18)25(40)38-26(34)36-10-2-3-11-42-27(35)41/h4-9,12-14H,2-3,10-11H2,1H3,(H2,35,41)(H,37,39)(H3,34,36,38,40). The second kappa shape index (κ2) is 14.1. The number of guanidine groups is 1. The van der Waals surface area contributed by atoms with E-state index in [1.165, 1.54) is 13.0 Å². The molecule has 0 radical (unpaired) electrons. The Kier molecular flexibility index (Phi) is 10.6. The van der Waals surface area contributed by atoms with Crippen LogP contribution in [0.2, 0.25) is 0 Å². The zero-order valence-electron chi connectivity index (χ0n) is 22.6. The molecular formula is C28H26F5N5O5. The van der Waals surface area contributed by atoms with Gasteiger partial charge in [-0.15, -0.1) is 0 Å². The van der Waals surface area contributed by atoms with E-state index in [2.05, 4.69) is 20.4 Å². The number of alkyl halides is 3. The molecule has 0 fully saturated rings. The van der Waals surface area contributed by atoms with Gasteiger partial charge >= 0.3 is 12.3 Å². The first-order chi connectivity index (χ1) is 20.2. The molecule has 0 bridgehead atoms. The predicted molar refractivity (Wildman–Crippen MR) is 146 cm³/mol. The lowest BCUT2D eigenvalue weighted by Gasteiger charge is -2.16. The van der Waals surface area contributed by atoms with Crippen LogP contribution in [0.3, 0.4) is 0 Å². The number of aliphatic imine (C=N–C) groups is 1. The van der Waals surface area contributed by atoms with Gasteiger partial charge in [0.25, 0.3) is 11.8 Å². The molecule has 0 aliphatic heterocycles. The average molecular weight is 608 g/mol. The highest BCUT2D eigenvalue weighted by atomic mass is 19.4. The number of halogens is 5. The fourth-order valence-electron chi connectivity index (χ4n) is 3.60. The molecule has 15 heteroatoms. The van der Waals surface area contributed by atoms with Crippen molar-refractivity contribution in [3.05, 3.63) is 88.5 Å². The van der Waals surface area contributed by atoms with Crippen molar-refractivity contribution in [2.24, 2.45) is 16.5 Å². The highest BCUT2D eigenvalue weighted by molar-refractivity contribution is 6.08. The molecule has 6 N–H and O–H groups in total. The first-order valence-electron chi connectivity index (χ1n) is 12.5. The van der Waals surface area contributed by atoms with Crippen LogP contribution in [0.1, 0.15) is 44.7 Å². The lowest BCUT2D eigenvalue weighted by molar-refractivity contribution is -0.137. The van der Waals surface area contributed by atoms with E-state index in [1.54, 1.807) is 0 Å². The van der Waals surface area contributed by atoms with E-state index in [0.717, 1.165) is 36.4 Å². The number of nitrogens with one attached hydrogen (secondary N) is 2. The van der Waals surface area contributed by atoms with Crippen molar-refractivity contribution in [3.63, 3.8) is 0 Å². The van der Waals surface area contributed by atoms with Gasteiger partial charge in [-0.05, 0) is 79.9 Å². The van der Waals surface area contributed by atoms with Crippen LogP contribution < -0.4 is 26.8 Å². The van der Waals surface area contributed by atoms with Crippen molar-refractivity contribution in [3.8, 4) is 11.5 Å². The molecular weight excluding hydrogens is 581 g/mol. The highest BCUT2D eigenvalue weighted by Crippen LogP contribution is 2.36. The molecule has 0 saturated heterocycles. The van der Waals surface area contributed by atoms with Gasteiger partial charge in [0.2, 0.25) is 0 Å². The van der Waals surface area contributed by atoms with Gasteiger partial charge in [0, 0.05) is 12.2 Å². The Morgan fingerprint density at radius 3 is 2.30 bits per heavy atom. The number of hydrogen-bond acceptors (Lipinski definition) is 6.